The Morgan fingerprint density at radius 3 is 2.78 bits per heavy atom. The molecule has 2 rings (SSSR count). The molecule has 2 aromatic rings. The van der Waals surface area contributed by atoms with Gasteiger partial charge < -0.3 is 5.32 Å². The first-order valence-electron chi connectivity index (χ1n) is 6.09. The summed E-state index contributed by atoms with van der Waals surface area (Å²) in [5, 5.41) is 7.55. The topological polar surface area (TPSA) is 29.9 Å². The van der Waals surface area contributed by atoms with Gasteiger partial charge in [-0.15, -0.1) is 0 Å². The largest absolute Gasteiger partial charge is 0.378 e. The van der Waals surface area contributed by atoms with Gasteiger partial charge >= 0.3 is 0 Å². The zero-order chi connectivity index (χ0) is 13.1. The average Bonchev–Trinajstić information content (AvgIpc) is 2.76. The summed E-state index contributed by atoms with van der Waals surface area (Å²) in [6, 6.07) is 5.20. The molecule has 0 bridgehead atoms. The van der Waals surface area contributed by atoms with Crippen LogP contribution in [0.3, 0.4) is 0 Å². The van der Waals surface area contributed by atoms with Gasteiger partial charge in [-0.25, -0.2) is 4.39 Å². The molecule has 0 spiro atoms. The Morgan fingerprint density at radius 1 is 1.39 bits per heavy atom. The molecule has 0 aliphatic rings. The van der Waals surface area contributed by atoms with E-state index in [1.807, 2.05) is 23.9 Å². The van der Waals surface area contributed by atoms with Gasteiger partial charge in [0.05, 0.1) is 11.9 Å². The minimum atomic E-state index is -0.191. The van der Waals surface area contributed by atoms with Crippen molar-refractivity contribution >= 4 is 5.69 Å². The molecule has 0 atom stereocenters. The molecule has 0 fully saturated rings. The van der Waals surface area contributed by atoms with Gasteiger partial charge in [-0.2, -0.15) is 5.10 Å². The fourth-order valence-electron chi connectivity index (χ4n) is 1.77. The van der Waals surface area contributed by atoms with Crippen molar-refractivity contribution in [3.8, 4) is 0 Å². The van der Waals surface area contributed by atoms with Crippen molar-refractivity contribution in [1.82, 2.24) is 9.78 Å². The third kappa shape index (κ3) is 2.88. The summed E-state index contributed by atoms with van der Waals surface area (Å²) in [7, 11) is 0. The Hall–Kier alpha value is -1.84. The summed E-state index contributed by atoms with van der Waals surface area (Å²) in [4.78, 5) is 0. The number of nitrogens with zero attached hydrogens (tertiary/aromatic N) is 2. The first-order valence-corrected chi connectivity index (χ1v) is 6.09. The minimum Gasteiger partial charge on any atom is -0.378 e. The third-order valence-corrected chi connectivity index (χ3v) is 2.92. The molecule has 4 heteroatoms. The van der Waals surface area contributed by atoms with Crippen molar-refractivity contribution < 1.29 is 4.39 Å². The lowest BCUT2D eigenvalue weighted by molar-refractivity contribution is 0.532. The van der Waals surface area contributed by atoms with Crippen LogP contribution in [0.4, 0.5) is 10.1 Å². The van der Waals surface area contributed by atoms with Crippen LogP contribution in [0.5, 0.6) is 0 Å². The second kappa shape index (κ2) is 5.21. The highest BCUT2D eigenvalue weighted by molar-refractivity contribution is 5.40. The van der Waals surface area contributed by atoms with Crippen LogP contribution in [0.1, 0.15) is 31.0 Å². The van der Waals surface area contributed by atoms with Crippen LogP contribution in [0.2, 0.25) is 0 Å². The van der Waals surface area contributed by atoms with E-state index >= 15 is 0 Å². The van der Waals surface area contributed by atoms with Crippen LogP contribution >= 0.6 is 0 Å². The molecule has 1 aromatic heterocycles. The van der Waals surface area contributed by atoms with Crippen molar-refractivity contribution in [2.45, 2.75) is 33.4 Å². The van der Waals surface area contributed by atoms with E-state index in [0.29, 0.717) is 12.6 Å². The number of benzene rings is 1. The first kappa shape index (κ1) is 12.6. The summed E-state index contributed by atoms with van der Waals surface area (Å²) in [5.74, 6) is -0.191. The molecule has 0 unspecified atom stereocenters. The molecule has 0 saturated carbocycles. The van der Waals surface area contributed by atoms with E-state index in [-0.39, 0.29) is 5.82 Å². The van der Waals surface area contributed by atoms with E-state index < -0.39 is 0 Å². The molecular weight excluding hydrogens is 229 g/mol. The predicted octanol–water partition coefficient (Wildman–Crippen LogP) is 3.52. The lowest BCUT2D eigenvalue weighted by atomic mass is 10.1. The summed E-state index contributed by atoms with van der Waals surface area (Å²) < 4.78 is 14.9. The lowest BCUT2D eigenvalue weighted by Gasteiger charge is -2.07. The smallest absolute Gasteiger partial charge is 0.123 e. The average molecular weight is 247 g/mol. The number of rotatable bonds is 4. The monoisotopic (exact) mass is 247 g/mol. The Bertz CT molecular complexity index is 532. The molecule has 1 heterocycles. The van der Waals surface area contributed by atoms with Crippen molar-refractivity contribution in [3.05, 3.63) is 47.5 Å². The highest BCUT2D eigenvalue weighted by atomic mass is 19.1. The van der Waals surface area contributed by atoms with Gasteiger partial charge in [0.15, 0.2) is 0 Å². The van der Waals surface area contributed by atoms with Crippen LogP contribution in [-0.2, 0) is 6.54 Å². The molecule has 1 aromatic carbocycles. The molecule has 0 aliphatic carbocycles. The zero-order valence-corrected chi connectivity index (χ0v) is 10.9. The van der Waals surface area contributed by atoms with Crippen molar-refractivity contribution in [1.29, 1.82) is 0 Å². The maximum atomic E-state index is 13.0. The molecule has 0 aliphatic heterocycles. The normalized spacial score (nSPS) is 10.9. The van der Waals surface area contributed by atoms with Gasteiger partial charge in [0.2, 0.25) is 0 Å². The first-order chi connectivity index (χ1) is 8.56. The summed E-state index contributed by atoms with van der Waals surface area (Å²) in [5.41, 5.74) is 3.03. The van der Waals surface area contributed by atoms with Gasteiger partial charge in [0, 0.05) is 18.8 Å². The van der Waals surface area contributed by atoms with E-state index in [0.717, 1.165) is 16.8 Å². The summed E-state index contributed by atoms with van der Waals surface area (Å²) in [6.07, 6.45) is 3.78. The minimum absolute atomic E-state index is 0.191. The maximum absolute atomic E-state index is 13.0. The molecule has 96 valence electrons. The Kier molecular flexibility index (Phi) is 3.65. The number of anilines is 1. The second-order valence-corrected chi connectivity index (χ2v) is 4.73. The van der Waals surface area contributed by atoms with Crippen LogP contribution in [0.15, 0.2) is 30.6 Å². The van der Waals surface area contributed by atoms with Crippen molar-refractivity contribution in [3.63, 3.8) is 0 Å². The highest BCUT2D eigenvalue weighted by Crippen LogP contribution is 2.14. The number of hydrogen-bond donors (Lipinski definition) is 1. The van der Waals surface area contributed by atoms with Crippen LogP contribution in [0, 0.1) is 12.7 Å². The summed E-state index contributed by atoms with van der Waals surface area (Å²) in [6.45, 7) is 6.76. The van der Waals surface area contributed by atoms with Crippen LogP contribution in [-0.4, -0.2) is 9.78 Å². The Labute approximate surface area is 107 Å². The van der Waals surface area contributed by atoms with Gasteiger partial charge in [0.25, 0.3) is 0 Å². The molecule has 1 N–H and O–H groups in total. The molecule has 0 saturated heterocycles. The van der Waals surface area contributed by atoms with E-state index in [4.69, 9.17) is 0 Å². The second-order valence-electron chi connectivity index (χ2n) is 4.73. The molecule has 0 amide bonds. The predicted molar refractivity (Wildman–Crippen MR) is 71.1 cm³/mol. The summed E-state index contributed by atoms with van der Waals surface area (Å²) >= 11 is 0. The van der Waals surface area contributed by atoms with E-state index in [9.17, 15) is 4.39 Å². The maximum Gasteiger partial charge on any atom is 0.123 e. The number of halogens is 1. The van der Waals surface area contributed by atoms with Gasteiger partial charge in [-0.05, 0) is 44.0 Å². The van der Waals surface area contributed by atoms with Crippen molar-refractivity contribution in [2.75, 3.05) is 5.32 Å². The molecule has 18 heavy (non-hydrogen) atoms. The SMILES string of the molecule is Cc1cc(F)ccc1CNc1cnn(C(C)C)c1. The molecular formula is C14H18FN3. The lowest BCUT2D eigenvalue weighted by Crippen LogP contribution is -2.02. The highest BCUT2D eigenvalue weighted by Gasteiger charge is 2.03. The van der Waals surface area contributed by atoms with Gasteiger partial charge in [0.1, 0.15) is 5.82 Å². The molecule has 3 nitrogen and oxygen atoms in total. The number of aromatic nitrogens is 2. The van der Waals surface area contributed by atoms with Crippen LogP contribution < -0.4 is 5.32 Å². The Balaban J connectivity index is 2.02. The fourth-order valence-corrected chi connectivity index (χ4v) is 1.77. The van der Waals surface area contributed by atoms with E-state index in [1.165, 1.54) is 6.07 Å². The zero-order valence-electron chi connectivity index (χ0n) is 10.9. The van der Waals surface area contributed by atoms with Gasteiger partial charge in [-0.1, -0.05) is 6.07 Å². The quantitative estimate of drug-likeness (QED) is 0.895. The van der Waals surface area contributed by atoms with Crippen molar-refractivity contribution in [2.24, 2.45) is 0 Å². The number of hydrogen-bond acceptors (Lipinski definition) is 2. The van der Waals surface area contributed by atoms with E-state index in [1.54, 1.807) is 12.3 Å². The standard InChI is InChI=1S/C14H18FN3/c1-10(2)18-9-14(8-17-18)16-7-12-4-5-13(15)6-11(12)3/h4-6,8-10,16H,7H2,1-3H3. The molecule has 0 radical (unpaired) electrons. The van der Waals surface area contributed by atoms with Gasteiger partial charge in [-0.3, -0.25) is 4.68 Å². The third-order valence-electron chi connectivity index (χ3n) is 2.92. The van der Waals surface area contributed by atoms with E-state index in [2.05, 4.69) is 24.3 Å². The number of nitrogens with one attached hydrogen (secondary N) is 1. The Morgan fingerprint density at radius 2 is 2.17 bits per heavy atom. The fraction of sp³-hybridized carbons (Fsp3) is 0.357. The van der Waals surface area contributed by atoms with Crippen LogP contribution in [0.25, 0.3) is 0 Å². The number of aryl methyl sites for hydroxylation is 1.